The second kappa shape index (κ2) is 5.05. The molecule has 4 nitrogen and oxygen atoms in total. The zero-order valence-electron chi connectivity index (χ0n) is 12.5. The van der Waals surface area contributed by atoms with Gasteiger partial charge in [0.05, 0.1) is 5.69 Å². The summed E-state index contributed by atoms with van der Waals surface area (Å²) in [4.78, 5) is 10.7. The molecule has 0 aliphatic rings. The van der Waals surface area contributed by atoms with Crippen molar-refractivity contribution in [3.05, 3.63) is 48.2 Å². The Bertz CT molecular complexity index is 809. The Balaban J connectivity index is 2.17. The fraction of sp³-hybridized carbons (Fsp3) is 0.176. The van der Waals surface area contributed by atoms with Crippen molar-refractivity contribution in [2.45, 2.75) is 6.92 Å². The number of aromatic nitrogens is 2. The Labute approximate surface area is 124 Å². The molecule has 2 aromatic carbocycles. The molecule has 0 saturated carbocycles. The molecule has 4 heteroatoms. The number of rotatable bonds is 2. The second-order valence-electron chi connectivity index (χ2n) is 5.43. The van der Waals surface area contributed by atoms with E-state index >= 15 is 0 Å². The van der Waals surface area contributed by atoms with Gasteiger partial charge in [0.15, 0.2) is 0 Å². The number of hydrogen-bond acceptors (Lipinski definition) is 4. The maximum atomic E-state index is 6.21. The summed E-state index contributed by atoms with van der Waals surface area (Å²) < 4.78 is 0. The summed E-state index contributed by atoms with van der Waals surface area (Å²) in [6, 6.07) is 12.3. The molecule has 0 atom stereocenters. The van der Waals surface area contributed by atoms with Gasteiger partial charge >= 0.3 is 0 Å². The molecule has 0 unspecified atom stereocenters. The van der Waals surface area contributed by atoms with Crippen LogP contribution in [0.2, 0.25) is 0 Å². The number of nitrogens with two attached hydrogens (primary N) is 1. The monoisotopic (exact) mass is 278 g/mol. The molecule has 106 valence electrons. The molecule has 1 heterocycles. The molecule has 0 aliphatic heterocycles. The first-order valence-corrected chi connectivity index (χ1v) is 6.85. The molecule has 0 bridgehead atoms. The van der Waals surface area contributed by atoms with Crippen molar-refractivity contribution < 1.29 is 0 Å². The quantitative estimate of drug-likeness (QED) is 0.731. The molecule has 0 radical (unpaired) electrons. The van der Waals surface area contributed by atoms with Crippen molar-refractivity contribution in [1.29, 1.82) is 0 Å². The van der Waals surface area contributed by atoms with Gasteiger partial charge in [-0.1, -0.05) is 17.7 Å². The van der Waals surface area contributed by atoms with Crippen LogP contribution in [0.1, 0.15) is 5.56 Å². The molecule has 0 fully saturated rings. The minimum absolute atomic E-state index is 0.690. The van der Waals surface area contributed by atoms with Gasteiger partial charge in [0.1, 0.15) is 0 Å². The Morgan fingerprint density at radius 2 is 1.86 bits per heavy atom. The van der Waals surface area contributed by atoms with Gasteiger partial charge < -0.3 is 10.6 Å². The number of aryl methyl sites for hydroxylation is 1. The first kappa shape index (κ1) is 13.4. The van der Waals surface area contributed by atoms with Crippen LogP contribution in [-0.2, 0) is 0 Å². The minimum Gasteiger partial charge on any atom is -0.398 e. The molecular formula is C17H18N4. The summed E-state index contributed by atoms with van der Waals surface area (Å²) in [5, 5.41) is 2.21. The first-order chi connectivity index (χ1) is 10.0. The fourth-order valence-corrected chi connectivity index (χ4v) is 2.37. The number of fused-ring (bicyclic) bond motifs is 1. The van der Waals surface area contributed by atoms with E-state index in [2.05, 4.69) is 41.2 Å². The van der Waals surface area contributed by atoms with Gasteiger partial charge in [-0.05, 0) is 36.6 Å². The Hall–Kier alpha value is -2.62. The van der Waals surface area contributed by atoms with Crippen LogP contribution in [0.5, 0.6) is 0 Å². The van der Waals surface area contributed by atoms with Gasteiger partial charge in [0.2, 0.25) is 5.95 Å². The third-order valence-electron chi connectivity index (χ3n) is 3.48. The summed E-state index contributed by atoms with van der Waals surface area (Å²) in [5.41, 5.74) is 10.1. The predicted octanol–water partition coefficient (Wildman–Crippen LogP) is 3.25. The average molecular weight is 278 g/mol. The number of benzene rings is 2. The van der Waals surface area contributed by atoms with Crippen molar-refractivity contribution in [2.24, 2.45) is 0 Å². The van der Waals surface area contributed by atoms with Crippen molar-refractivity contribution in [3.63, 3.8) is 0 Å². The highest BCUT2D eigenvalue weighted by molar-refractivity contribution is 5.96. The Morgan fingerprint density at radius 3 is 2.62 bits per heavy atom. The zero-order valence-corrected chi connectivity index (χ0v) is 12.5. The van der Waals surface area contributed by atoms with E-state index in [1.54, 1.807) is 6.20 Å². The van der Waals surface area contributed by atoms with E-state index < -0.39 is 0 Å². The van der Waals surface area contributed by atoms with E-state index in [9.17, 15) is 0 Å². The van der Waals surface area contributed by atoms with Gasteiger partial charge in [-0.2, -0.15) is 0 Å². The third kappa shape index (κ3) is 2.52. The molecule has 0 spiro atoms. The van der Waals surface area contributed by atoms with E-state index in [4.69, 9.17) is 5.73 Å². The average Bonchev–Trinajstić information content (AvgIpc) is 2.48. The molecule has 3 rings (SSSR count). The number of anilines is 2. The highest BCUT2D eigenvalue weighted by atomic mass is 15.2. The van der Waals surface area contributed by atoms with Crippen LogP contribution < -0.4 is 10.6 Å². The van der Waals surface area contributed by atoms with Crippen LogP contribution in [0.3, 0.4) is 0 Å². The number of nitrogen functional groups attached to an aromatic ring is 1. The van der Waals surface area contributed by atoms with Crippen LogP contribution in [0.4, 0.5) is 11.6 Å². The summed E-state index contributed by atoms with van der Waals surface area (Å²) >= 11 is 0. The molecule has 3 aromatic rings. The van der Waals surface area contributed by atoms with Crippen LogP contribution in [0.25, 0.3) is 22.0 Å². The number of nitrogens with zero attached hydrogens (tertiary/aromatic N) is 3. The van der Waals surface area contributed by atoms with Gasteiger partial charge in [0.25, 0.3) is 0 Å². The molecule has 1 aromatic heterocycles. The lowest BCUT2D eigenvalue weighted by Gasteiger charge is -2.12. The van der Waals surface area contributed by atoms with Crippen LogP contribution in [0.15, 0.2) is 42.6 Å². The van der Waals surface area contributed by atoms with Crippen molar-refractivity contribution in [3.8, 4) is 11.3 Å². The lowest BCUT2D eigenvalue weighted by molar-refractivity contribution is 1.00. The van der Waals surface area contributed by atoms with Crippen molar-refractivity contribution >= 4 is 22.4 Å². The van der Waals surface area contributed by atoms with E-state index in [1.807, 2.05) is 31.1 Å². The summed E-state index contributed by atoms with van der Waals surface area (Å²) in [7, 11) is 3.85. The van der Waals surface area contributed by atoms with Gasteiger partial charge in [0, 0.05) is 36.9 Å². The third-order valence-corrected chi connectivity index (χ3v) is 3.48. The van der Waals surface area contributed by atoms with Gasteiger partial charge in [-0.25, -0.2) is 9.97 Å². The standard InChI is InChI=1S/C17H18N4/c1-11-4-5-12-9-13(10-15(18)14(12)8-11)16-6-7-19-17(20-16)21(2)3/h4-10H,18H2,1-3H3. The summed E-state index contributed by atoms with van der Waals surface area (Å²) in [6.07, 6.45) is 1.77. The minimum atomic E-state index is 0.690. The lowest BCUT2D eigenvalue weighted by atomic mass is 10.0. The smallest absolute Gasteiger partial charge is 0.225 e. The highest BCUT2D eigenvalue weighted by Crippen LogP contribution is 2.29. The number of hydrogen-bond donors (Lipinski definition) is 1. The van der Waals surface area contributed by atoms with Crippen LogP contribution in [-0.4, -0.2) is 24.1 Å². The predicted molar refractivity (Wildman–Crippen MR) is 88.5 cm³/mol. The molecular weight excluding hydrogens is 260 g/mol. The zero-order chi connectivity index (χ0) is 15.0. The molecule has 0 saturated heterocycles. The SMILES string of the molecule is Cc1ccc2cc(-c3ccnc(N(C)C)n3)cc(N)c2c1. The topological polar surface area (TPSA) is 55.0 Å². The normalized spacial score (nSPS) is 10.8. The van der Waals surface area contributed by atoms with Crippen LogP contribution in [0, 0.1) is 6.92 Å². The van der Waals surface area contributed by atoms with Gasteiger partial charge in [-0.3, -0.25) is 0 Å². The Morgan fingerprint density at radius 1 is 1.05 bits per heavy atom. The molecule has 21 heavy (non-hydrogen) atoms. The van der Waals surface area contributed by atoms with E-state index in [1.165, 1.54) is 5.56 Å². The lowest BCUT2D eigenvalue weighted by Crippen LogP contribution is -2.12. The molecule has 0 aliphatic carbocycles. The summed E-state index contributed by atoms with van der Waals surface area (Å²) in [5.74, 6) is 0.690. The fourth-order valence-electron chi connectivity index (χ4n) is 2.37. The maximum absolute atomic E-state index is 6.21. The van der Waals surface area contributed by atoms with Crippen molar-refractivity contribution in [1.82, 2.24) is 9.97 Å². The van der Waals surface area contributed by atoms with E-state index in [0.29, 0.717) is 5.95 Å². The molecule has 2 N–H and O–H groups in total. The molecule has 0 amide bonds. The van der Waals surface area contributed by atoms with Gasteiger partial charge in [-0.15, -0.1) is 0 Å². The second-order valence-corrected chi connectivity index (χ2v) is 5.43. The Kier molecular flexibility index (Phi) is 3.22. The maximum Gasteiger partial charge on any atom is 0.225 e. The first-order valence-electron chi connectivity index (χ1n) is 6.85. The van der Waals surface area contributed by atoms with E-state index in [0.717, 1.165) is 27.7 Å². The summed E-state index contributed by atoms with van der Waals surface area (Å²) in [6.45, 7) is 2.07. The van der Waals surface area contributed by atoms with Crippen LogP contribution >= 0.6 is 0 Å². The highest BCUT2D eigenvalue weighted by Gasteiger charge is 2.07. The van der Waals surface area contributed by atoms with E-state index in [-0.39, 0.29) is 0 Å². The van der Waals surface area contributed by atoms with Crippen molar-refractivity contribution in [2.75, 3.05) is 24.7 Å². The largest absolute Gasteiger partial charge is 0.398 e.